The Labute approximate surface area is 78.7 Å². The van der Waals surface area contributed by atoms with Crippen LogP contribution in [0.5, 0.6) is 0 Å². The Morgan fingerprint density at radius 3 is 2.58 bits per heavy atom. The van der Waals surface area contributed by atoms with Crippen molar-refractivity contribution in [3.63, 3.8) is 0 Å². The molecule has 3 heteroatoms. The van der Waals surface area contributed by atoms with Gasteiger partial charge in [-0.3, -0.25) is 0 Å². The van der Waals surface area contributed by atoms with Gasteiger partial charge < -0.3 is 0 Å². The lowest BCUT2D eigenvalue weighted by Gasteiger charge is -2.09. The van der Waals surface area contributed by atoms with Gasteiger partial charge in [0.05, 0.1) is 0 Å². The van der Waals surface area contributed by atoms with Crippen molar-refractivity contribution in [2.75, 3.05) is 0 Å². The molecule has 1 aromatic carbocycles. The van der Waals surface area contributed by atoms with Gasteiger partial charge in [-0.1, -0.05) is 28.1 Å². The van der Waals surface area contributed by atoms with E-state index < -0.39 is 5.92 Å². The highest BCUT2D eigenvalue weighted by Gasteiger charge is 2.21. The molecule has 66 valence electrons. The van der Waals surface area contributed by atoms with Gasteiger partial charge in [0.15, 0.2) is 0 Å². The Morgan fingerprint density at radius 2 is 2.08 bits per heavy atom. The minimum absolute atomic E-state index is 0.202. The van der Waals surface area contributed by atoms with Crippen molar-refractivity contribution in [3.8, 4) is 0 Å². The molecule has 0 saturated heterocycles. The van der Waals surface area contributed by atoms with Gasteiger partial charge in [-0.05, 0) is 24.6 Å². The summed E-state index contributed by atoms with van der Waals surface area (Å²) in [6.07, 6.45) is -0.202. The van der Waals surface area contributed by atoms with Gasteiger partial charge in [0.25, 0.3) is 0 Å². The van der Waals surface area contributed by atoms with Crippen molar-refractivity contribution in [2.45, 2.75) is 19.3 Å². The highest BCUT2D eigenvalue weighted by Crippen LogP contribution is 2.20. The number of hydrogen-bond acceptors (Lipinski definition) is 0. The van der Waals surface area contributed by atoms with E-state index in [4.69, 9.17) is 0 Å². The van der Waals surface area contributed by atoms with Crippen LogP contribution in [0.2, 0.25) is 0 Å². The van der Waals surface area contributed by atoms with Crippen molar-refractivity contribution in [1.82, 2.24) is 0 Å². The third-order valence-corrected chi connectivity index (χ3v) is 1.90. The first-order valence-electron chi connectivity index (χ1n) is 3.60. The lowest BCUT2D eigenvalue weighted by molar-refractivity contribution is 0.0226. The highest BCUT2D eigenvalue weighted by molar-refractivity contribution is 9.10. The first kappa shape index (κ1) is 9.65. The first-order valence-corrected chi connectivity index (χ1v) is 4.39. The van der Waals surface area contributed by atoms with Gasteiger partial charge in [0, 0.05) is 10.9 Å². The molecule has 0 radical (unpaired) electrons. The number of halogens is 3. The molecule has 0 unspecified atom stereocenters. The fraction of sp³-hybridized carbons (Fsp3) is 0.333. The van der Waals surface area contributed by atoms with Crippen molar-refractivity contribution in [1.29, 1.82) is 0 Å². The van der Waals surface area contributed by atoms with Gasteiger partial charge in [-0.2, -0.15) is 0 Å². The van der Waals surface area contributed by atoms with E-state index in [1.165, 1.54) is 0 Å². The summed E-state index contributed by atoms with van der Waals surface area (Å²) in [5.74, 6) is -2.62. The molecule has 12 heavy (non-hydrogen) atoms. The van der Waals surface area contributed by atoms with E-state index in [1.54, 1.807) is 18.2 Å². The Kier molecular flexibility index (Phi) is 2.83. The maximum Gasteiger partial charge on any atom is 0.249 e. The highest BCUT2D eigenvalue weighted by atomic mass is 79.9. The minimum atomic E-state index is -2.62. The zero-order chi connectivity index (χ0) is 9.19. The normalized spacial score (nSPS) is 11.7. The van der Waals surface area contributed by atoms with Crippen LogP contribution >= 0.6 is 15.9 Å². The zero-order valence-corrected chi connectivity index (χ0v) is 8.24. The van der Waals surface area contributed by atoms with E-state index in [-0.39, 0.29) is 6.42 Å². The topological polar surface area (TPSA) is 0 Å². The average molecular weight is 235 g/mol. The van der Waals surface area contributed by atoms with E-state index in [0.29, 0.717) is 5.56 Å². The summed E-state index contributed by atoms with van der Waals surface area (Å²) >= 11 is 3.22. The molecule has 1 aromatic rings. The van der Waals surface area contributed by atoms with E-state index in [0.717, 1.165) is 11.4 Å². The fourth-order valence-corrected chi connectivity index (χ4v) is 1.45. The molecule has 0 fully saturated rings. The van der Waals surface area contributed by atoms with Crippen molar-refractivity contribution in [2.24, 2.45) is 0 Å². The quantitative estimate of drug-likeness (QED) is 0.733. The van der Waals surface area contributed by atoms with Crippen LogP contribution in [0, 0.1) is 0 Å². The van der Waals surface area contributed by atoms with Gasteiger partial charge in [0.2, 0.25) is 5.92 Å². The van der Waals surface area contributed by atoms with E-state index in [2.05, 4.69) is 15.9 Å². The summed E-state index contributed by atoms with van der Waals surface area (Å²) in [5.41, 5.74) is 0.650. The van der Waals surface area contributed by atoms with Crippen LogP contribution < -0.4 is 0 Å². The molecule has 0 bridgehead atoms. The van der Waals surface area contributed by atoms with Crippen LogP contribution in [-0.4, -0.2) is 5.92 Å². The van der Waals surface area contributed by atoms with Crippen LogP contribution in [0.4, 0.5) is 8.78 Å². The molecule has 0 atom stereocenters. The molecular formula is C9H9BrF2. The van der Waals surface area contributed by atoms with Crippen LogP contribution in [-0.2, 0) is 6.42 Å². The maximum atomic E-state index is 12.5. The van der Waals surface area contributed by atoms with Crippen LogP contribution in [0.3, 0.4) is 0 Å². The molecule has 0 spiro atoms. The lowest BCUT2D eigenvalue weighted by Crippen LogP contribution is -2.13. The number of hydrogen-bond donors (Lipinski definition) is 0. The molecular weight excluding hydrogens is 226 g/mol. The molecule has 1 rings (SSSR count). The molecule has 0 aliphatic heterocycles. The van der Waals surface area contributed by atoms with Crippen LogP contribution in [0.15, 0.2) is 28.7 Å². The minimum Gasteiger partial charge on any atom is -0.207 e. The van der Waals surface area contributed by atoms with E-state index >= 15 is 0 Å². The maximum absolute atomic E-state index is 12.5. The predicted octanol–water partition coefficient (Wildman–Crippen LogP) is 3.65. The molecule has 0 nitrogen and oxygen atoms in total. The number of alkyl halides is 2. The Bertz CT molecular complexity index is 265. The largest absolute Gasteiger partial charge is 0.249 e. The van der Waals surface area contributed by atoms with Crippen molar-refractivity contribution in [3.05, 3.63) is 34.3 Å². The standard InChI is InChI=1S/C9H9BrF2/c1-9(11,12)6-7-3-2-4-8(10)5-7/h2-5H,6H2,1H3. The van der Waals surface area contributed by atoms with E-state index in [1.807, 2.05) is 6.07 Å². The molecule has 0 aliphatic carbocycles. The van der Waals surface area contributed by atoms with Crippen LogP contribution in [0.25, 0.3) is 0 Å². The van der Waals surface area contributed by atoms with Gasteiger partial charge >= 0.3 is 0 Å². The molecule has 0 saturated carbocycles. The summed E-state index contributed by atoms with van der Waals surface area (Å²) in [4.78, 5) is 0. The second-order valence-electron chi connectivity index (χ2n) is 2.88. The Morgan fingerprint density at radius 1 is 1.42 bits per heavy atom. The van der Waals surface area contributed by atoms with Crippen molar-refractivity contribution >= 4 is 15.9 Å². The van der Waals surface area contributed by atoms with Gasteiger partial charge in [-0.25, -0.2) is 8.78 Å². The molecule has 0 amide bonds. The summed E-state index contributed by atoms with van der Waals surface area (Å²) in [6, 6.07) is 6.97. The van der Waals surface area contributed by atoms with Gasteiger partial charge in [0.1, 0.15) is 0 Å². The summed E-state index contributed by atoms with van der Waals surface area (Å²) in [7, 11) is 0. The first-order chi connectivity index (χ1) is 5.47. The van der Waals surface area contributed by atoms with Crippen molar-refractivity contribution < 1.29 is 8.78 Å². The third-order valence-electron chi connectivity index (χ3n) is 1.40. The van der Waals surface area contributed by atoms with E-state index in [9.17, 15) is 8.78 Å². The summed E-state index contributed by atoms with van der Waals surface area (Å²) < 4.78 is 25.9. The SMILES string of the molecule is CC(F)(F)Cc1cccc(Br)c1. The van der Waals surface area contributed by atoms with Gasteiger partial charge in [-0.15, -0.1) is 0 Å². The summed E-state index contributed by atoms with van der Waals surface area (Å²) in [5, 5.41) is 0. The summed E-state index contributed by atoms with van der Waals surface area (Å²) in [6.45, 7) is 0.925. The molecule has 0 N–H and O–H groups in total. The second kappa shape index (κ2) is 3.52. The average Bonchev–Trinajstić information content (AvgIpc) is 1.82. The third kappa shape index (κ3) is 3.30. The molecule has 0 aliphatic rings. The smallest absolute Gasteiger partial charge is 0.207 e. The monoisotopic (exact) mass is 234 g/mol. The fourth-order valence-electron chi connectivity index (χ4n) is 1.01. The number of rotatable bonds is 2. The zero-order valence-electron chi connectivity index (χ0n) is 6.65. The number of benzene rings is 1. The lowest BCUT2D eigenvalue weighted by atomic mass is 10.1. The second-order valence-corrected chi connectivity index (χ2v) is 3.79. The Balaban J connectivity index is 2.77. The molecule has 0 heterocycles. The predicted molar refractivity (Wildman–Crippen MR) is 48.5 cm³/mol. The Hall–Kier alpha value is -0.440. The van der Waals surface area contributed by atoms with Crippen LogP contribution in [0.1, 0.15) is 12.5 Å². The molecule has 0 aromatic heterocycles.